The minimum Gasteiger partial charge on any atom is -0.439 e. The lowest BCUT2D eigenvalue weighted by Crippen LogP contribution is -1.88. The van der Waals surface area contributed by atoms with Crippen LogP contribution in [0.5, 0.6) is 11.6 Å². The molecule has 0 saturated heterocycles. The van der Waals surface area contributed by atoms with Crippen LogP contribution in [0.2, 0.25) is 0 Å². The van der Waals surface area contributed by atoms with Gasteiger partial charge in [0, 0.05) is 6.07 Å². The molecule has 0 unspecified atom stereocenters. The lowest BCUT2D eigenvalue weighted by molar-refractivity contribution is 0.463. The molecule has 0 aliphatic rings. The molecule has 1 aromatic carbocycles. The molecule has 0 radical (unpaired) electrons. The number of aromatic nitrogens is 1. The Hall–Kier alpha value is -2.23. The molecule has 0 aliphatic carbocycles. The van der Waals surface area contributed by atoms with Crippen LogP contribution in [0, 0.1) is 4.91 Å². The highest BCUT2D eigenvalue weighted by molar-refractivity contribution is 5.37. The topological polar surface area (TPSA) is 51.5 Å². The van der Waals surface area contributed by atoms with Crippen LogP contribution in [0.15, 0.2) is 47.8 Å². The van der Waals surface area contributed by atoms with Gasteiger partial charge in [0.05, 0.1) is 6.20 Å². The summed E-state index contributed by atoms with van der Waals surface area (Å²) in [7, 11) is 0. The molecule has 0 bridgehead atoms. The van der Waals surface area contributed by atoms with Crippen LogP contribution in [-0.4, -0.2) is 4.98 Å². The fourth-order valence-corrected chi connectivity index (χ4v) is 1.71. The quantitative estimate of drug-likeness (QED) is 0.709. The molecule has 0 saturated carbocycles. The van der Waals surface area contributed by atoms with E-state index in [9.17, 15) is 4.91 Å². The highest BCUT2D eigenvalue weighted by Gasteiger charge is 2.00. The summed E-state index contributed by atoms with van der Waals surface area (Å²) >= 11 is 0. The van der Waals surface area contributed by atoms with Crippen molar-refractivity contribution >= 4 is 5.69 Å². The Morgan fingerprint density at radius 1 is 1.16 bits per heavy atom. The lowest BCUT2D eigenvalue weighted by Gasteiger charge is -2.05. The maximum atomic E-state index is 10.3. The summed E-state index contributed by atoms with van der Waals surface area (Å²) in [5.41, 5.74) is 1.60. The first kappa shape index (κ1) is 13.2. The molecule has 4 heteroatoms. The molecular weight excluding hydrogens is 240 g/mol. The van der Waals surface area contributed by atoms with Crippen LogP contribution >= 0.6 is 0 Å². The second kappa shape index (κ2) is 6.64. The maximum absolute atomic E-state index is 10.3. The molecular formula is C15H16N2O2. The van der Waals surface area contributed by atoms with Gasteiger partial charge in [-0.15, -0.1) is 4.91 Å². The van der Waals surface area contributed by atoms with E-state index in [-0.39, 0.29) is 0 Å². The van der Waals surface area contributed by atoms with Gasteiger partial charge in [0.15, 0.2) is 0 Å². The van der Waals surface area contributed by atoms with Gasteiger partial charge in [-0.3, -0.25) is 0 Å². The van der Waals surface area contributed by atoms with Gasteiger partial charge in [-0.25, -0.2) is 4.98 Å². The van der Waals surface area contributed by atoms with E-state index in [2.05, 4.69) is 29.2 Å². The highest BCUT2D eigenvalue weighted by Crippen LogP contribution is 2.22. The Labute approximate surface area is 112 Å². The highest BCUT2D eigenvalue weighted by atomic mass is 16.5. The van der Waals surface area contributed by atoms with E-state index in [0.29, 0.717) is 11.6 Å². The largest absolute Gasteiger partial charge is 0.439 e. The first-order valence-corrected chi connectivity index (χ1v) is 6.38. The monoisotopic (exact) mass is 256 g/mol. The molecule has 1 aromatic heterocycles. The zero-order valence-electron chi connectivity index (χ0n) is 10.9. The second-order valence-corrected chi connectivity index (χ2v) is 4.30. The van der Waals surface area contributed by atoms with Crippen LogP contribution in [0.1, 0.15) is 25.3 Å². The van der Waals surface area contributed by atoms with Crippen molar-refractivity contribution < 1.29 is 4.74 Å². The number of nitroso groups, excluding NO2 is 1. The zero-order chi connectivity index (χ0) is 13.5. The Balaban J connectivity index is 1.99. The smallest absolute Gasteiger partial charge is 0.219 e. The Morgan fingerprint density at radius 2 is 1.95 bits per heavy atom. The van der Waals surface area contributed by atoms with Gasteiger partial charge in [0.1, 0.15) is 11.4 Å². The van der Waals surface area contributed by atoms with Crippen molar-refractivity contribution in [2.75, 3.05) is 0 Å². The third-order valence-electron chi connectivity index (χ3n) is 2.79. The molecule has 0 N–H and O–H groups in total. The molecule has 0 aliphatic heterocycles. The first-order valence-electron chi connectivity index (χ1n) is 6.38. The molecule has 4 nitrogen and oxygen atoms in total. The van der Waals surface area contributed by atoms with E-state index in [1.54, 1.807) is 12.1 Å². The summed E-state index contributed by atoms with van der Waals surface area (Å²) in [4.78, 5) is 14.3. The predicted octanol–water partition coefficient (Wildman–Crippen LogP) is 4.61. The minimum absolute atomic E-state index is 0.294. The first-order chi connectivity index (χ1) is 9.31. The van der Waals surface area contributed by atoms with Gasteiger partial charge in [-0.1, -0.05) is 25.5 Å². The number of nitrogens with zero attached hydrogens (tertiary/aromatic N) is 2. The molecule has 0 fully saturated rings. The number of aryl methyl sites for hydroxylation is 1. The number of hydrogen-bond donors (Lipinski definition) is 0. The third kappa shape index (κ3) is 3.88. The number of unbranched alkanes of at least 4 members (excludes halogenated alkanes) is 1. The van der Waals surface area contributed by atoms with Gasteiger partial charge in [-0.05, 0) is 41.8 Å². The molecule has 98 valence electrons. The van der Waals surface area contributed by atoms with Crippen LogP contribution in [0.4, 0.5) is 5.69 Å². The number of benzene rings is 1. The van der Waals surface area contributed by atoms with Gasteiger partial charge in [-0.2, -0.15) is 0 Å². The third-order valence-corrected chi connectivity index (χ3v) is 2.79. The van der Waals surface area contributed by atoms with Crippen LogP contribution in [0.3, 0.4) is 0 Å². The summed E-state index contributed by atoms with van der Waals surface area (Å²) in [6, 6.07) is 11.2. The van der Waals surface area contributed by atoms with E-state index in [4.69, 9.17) is 4.74 Å². The van der Waals surface area contributed by atoms with Gasteiger partial charge in [0.2, 0.25) is 5.88 Å². The summed E-state index contributed by atoms with van der Waals surface area (Å²) in [6.45, 7) is 2.18. The molecule has 0 atom stereocenters. The fraction of sp³-hybridized carbons (Fsp3) is 0.267. The Kier molecular flexibility index (Phi) is 4.61. The normalized spacial score (nSPS) is 10.2. The molecule has 2 rings (SSSR count). The molecule has 19 heavy (non-hydrogen) atoms. The van der Waals surface area contributed by atoms with Gasteiger partial charge < -0.3 is 4.74 Å². The van der Waals surface area contributed by atoms with Crippen molar-refractivity contribution in [3.05, 3.63) is 53.1 Å². The summed E-state index contributed by atoms with van der Waals surface area (Å²) in [6.07, 6.45) is 4.87. The summed E-state index contributed by atoms with van der Waals surface area (Å²) in [5.74, 6) is 1.19. The molecule has 0 amide bonds. The number of pyridine rings is 1. The molecule has 1 heterocycles. The lowest BCUT2D eigenvalue weighted by atomic mass is 10.1. The predicted molar refractivity (Wildman–Crippen MR) is 74.8 cm³/mol. The van der Waals surface area contributed by atoms with Crippen molar-refractivity contribution in [2.24, 2.45) is 5.18 Å². The van der Waals surface area contributed by atoms with Crippen molar-refractivity contribution in [3.63, 3.8) is 0 Å². The van der Waals surface area contributed by atoms with Crippen molar-refractivity contribution in [2.45, 2.75) is 26.2 Å². The van der Waals surface area contributed by atoms with Crippen molar-refractivity contribution in [3.8, 4) is 11.6 Å². The van der Waals surface area contributed by atoms with Crippen LogP contribution in [0.25, 0.3) is 0 Å². The van der Waals surface area contributed by atoms with E-state index < -0.39 is 0 Å². The Bertz CT molecular complexity index is 521. The van der Waals surface area contributed by atoms with Crippen molar-refractivity contribution in [1.82, 2.24) is 4.98 Å². The zero-order valence-corrected chi connectivity index (χ0v) is 10.9. The number of ether oxygens (including phenoxy) is 1. The van der Waals surface area contributed by atoms with Crippen LogP contribution in [-0.2, 0) is 6.42 Å². The Morgan fingerprint density at radius 3 is 2.53 bits per heavy atom. The maximum Gasteiger partial charge on any atom is 0.219 e. The van der Waals surface area contributed by atoms with Gasteiger partial charge >= 0.3 is 0 Å². The van der Waals surface area contributed by atoms with Crippen LogP contribution < -0.4 is 4.74 Å². The number of hydrogen-bond acceptors (Lipinski definition) is 4. The van der Waals surface area contributed by atoms with E-state index in [1.807, 2.05) is 12.1 Å². The number of rotatable bonds is 6. The SMILES string of the molecule is CCCCc1ccc(Oc2ccc(N=O)cn2)cc1. The fourth-order valence-electron chi connectivity index (χ4n) is 1.71. The summed E-state index contributed by atoms with van der Waals surface area (Å²) in [5, 5.41) is 2.79. The van der Waals surface area contributed by atoms with E-state index >= 15 is 0 Å². The summed E-state index contributed by atoms with van der Waals surface area (Å²) < 4.78 is 5.58. The van der Waals surface area contributed by atoms with E-state index in [0.717, 1.165) is 12.2 Å². The molecule has 0 spiro atoms. The average Bonchev–Trinajstić information content (AvgIpc) is 2.47. The standard InChI is InChI=1S/C15H16N2O2/c1-2-3-4-12-5-8-14(9-6-12)19-15-10-7-13(17-18)11-16-15/h5-11H,2-4H2,1H3. The second-order valence-electron chi connectivity index (χ2n) is 4.30. The minimum atomic E-state index is 0.294. The van der Waals surface area contributed by atoms with Crippen molar-refractivity contribution in [1.29, 1.82) is 0 Å². The average molecular weight is 256 g/mol. The van der Waals surface area contributed by atoms with Gasteiger partial charge in [0.25, 0.3) is 0 Å². The molecule has 2 aromatic rings. The van der Waals surface area contributed by atoms with E-state index in [1.165, 1.54) is 24.6 Å².